The molecule has 0 bridgehead atoms. The van der Waals surface area contributed by atoms with Crippen molar-refractivity contribution in [2.75, 3.05) is 11.4 Å². The third-order valence-corrected chi connectivity index (χ3v) is 5.51. The van der Waals surface area contributed by atoms with Gasteiger partial charge in [-0.1, -0.05) is 60.7 Å². The van der Waals surface area contributed by atoms with Crippen LogP contribution in [0.1, 0.15) is 17.5 Å². The van der Waals surface area contributed by atoms with Gasteiger partial charge in [-0.25, -0.2) is 0 Å². The molecule has 0 N–H and O–H groups in total. The summed E-state index contributed by atoms with van der Waals surface area (Å²) in [6, 6.07) is 23.2. The molecule has 4 heteroatoms. The van der Waals surface area contributed by atoms with Gasteiger partial charge in [-0.15, -0.1) is 0 Å². The maximum atomic E-state index is 12.9. The highest BCUT2D eigenvalue weighted by molar-refractivity contribution is 6.00. The predicted octanol–water partition coefficient (Wildman–Crippen LogP) is 4.93. The Labute approximate surface area is 170 Å². The summed E-state index contributed by atoms with van der Waals surface area (Å²) in [7, 11) is 0. The molecule has 1 aliphatic heterocycles. The molecule has 1 aliphatic rings. The molecule has 1 heterocycles. The molecule has 0 spiro atoms. The Morgan fingerprint density at radius 2 is 1.66 bits per heavy atom. The van der Waals surface area contributed by atoms with E-state index < -0.39 is 5.92 Å². The Kier molecular flexibility index (Phi) is 5.17. The van der Waals surface area contributed by atoms with E-state index in [9.17, 15) is 9.59 Å². The lowest BCUT2D eigenvalue weighted by Gasteiger charge is -2.20. The number of aryl methyl sites for hydroxylation is 1. The van der Waals surface area contributed by atoms with E-state index in [0.717, 1.165) is 27.9 Å². The average Bonchev–Trinajstić information content (AvgIpc) is 3.13. The number of carbonyl (C=O) groups is 2. The van der Waals surface area contributed by atoms with E-state index in [-0.39, 0.29) is 18.3 Å². The summed E-state index contributed by atoms with van der Waals surface area (Å²) in [6.07, 6.45) is 0.166. The number of amides is 1. The van der Waals surface area contributed by atoms with Crippen molar-refractivity contribution in [3.63, 3.8) is 0 Å². The molecule has 1 saturated heterocycles. The van der Waals surface area contributed by atoms with Crippen LogP contribution >= 0.6 is 0 Å². The molecule has 1 atom stereocenters. The van der Waals surface area contributed by atoms with Crippen molar-refractivity contribution >= 4 is 17.6 Å². The van der Waals surface area contributed by atoms with Crippen LogP contribution in [-0.2, 0) is 9.59 Å². The summed E-state index contributed by atoms with van der Waals surface area (Å²) >= 11 is 0. The van der Waals surface area contributed by atoms with Crippen molar-refractivity contribution in [1.29, 1.82) is 0 Å². The molecule has 29 heavy (non-hydrogen) atoms. The second-order valence-electron chi connectivity index (χ2n) is 7.41. The van der Waals surface area contributed by atoms with Gasteiger partial charge in [0.05, 0.1) is 5.92 Å². The van der Waals surface area contributed by atoms with Crippen LogP contribution in [0.5, 0.6) is 5.75 Å². The monoisotopic (exact) mass is 385 g/mol. The van der Waals surface area contributed by atoms with Crippen molar-refractivity contribution in [1.82, 2.24) is 0 Å². The van der Waals surface area contributed by atoms with E-state index >= 15 is 0 Å². The maximum Gasteiger partial charge on any atom is 0.316 e. The second-order valence-corrected chi connectivity index (χ2v) is 7.41. The van der Waals surface area contributed by atoms with E-state index in [1.807, 2.05) is 80.6 Å². The lowest BCUT2D eigenvalue weighted by Crippen LogP contribution is -2.28. The van der Waals surface area contributed by atoms with Crippen LogP contribution in [0, 0.1) is 19.8 Å². The maximum absolute atomic E-state index is 12.9. The number of carbonyl (C=O) groups excluding carboxylic acids is 2. The molecule has 3 aromatic carbocycles. The molecule has 0 unspecified atom stereocenters. The topological polar surface area (TPSA) is 46.6 Å². The van der Waals surface area contributed by atoms with Gasteiger partial charge in [0.15, 0.2) is 0 Å². The van der Waals surface area contributed by atoms with Gasteiger partial charge >= 0.3 is 5.97 Å². The fourth-order valence-corrected chi connectivity index (χ4v) is 3.73. The first-order valence-corrected chi connectivity index (χ1v) is 9.77. The molecular formula is C25H23NO3. The molecule has 4 nitrogen and oxygen atoms in total. The molecule has 4 rings (SSSR count). The van der Waals surface area contributed by atoms with Crippen LogP contribution in [0.15, 0.2) is 72.8 Å². The summed E-state index contributed by atoms with van der Waals surface area (Å²) < 4.78 is 5.75. The summed E-state index contributed by atoms with van der Waals surface area (Å²) in [5.41, 5.74) is 4.89. The Morgan fingerprint density at radius 3 is 2.45 bits per heavy atom. The van der Waals surface area contributed by atoms with Crippen LogP contribution in [-0.4, -0.2) is 18.4 Å². The van der Waals surface area contributed by atoms with Crippen LogP contribution in [0.3, 0.4) is 0 Å². The van der Waals surface area contributed by atoms with Crippen molar-refractivity contribution in [3.05, 3.63) is 83.9 Å². The molecule has 3 aromatic rings. The minimum atomic E-state index is -0.480. The summed E-state index contributed by atoms with van der Waals surface area (Å²) in [4.78, 5) is 27.2. The molecule has 0 saturated carbocycles. The number of benzene rings is 3. The largest absolute Gasteiger partial charge is 0.426 e. The number of nitrogens with zero attached hydrogens (tertiary/aromatic N) is 1. The van der Waals surface area contributed by atoms with E-state index in [0.29, 0.717) is 12.3 Å². The van der Waals surface area contributed by atoms with Crippen LogP contribution in [0.4, 0.5) is 5.69 Å². The first-order chi connectivity index (χ1) is 14.0. The van der Waals surface area contributed by atoms with Gasteiger partial charge in [-0.05, 0) is 42.7 Å². The number of hydrogen-bond donors (Lipinski definition) is 0. The minimum absolute atomic E-state index is 0.0444. The summed E-state index contributed by atoms with van der Waals surface area (Å²) in [6.45, 7) is 4.36. The van der Waals surface area contributed by atoms with Gasteiger partial charge in [-0.3, -0.25) is 9.59 Å². The van der Waals surface area contributed by atoms with Gasteiger partial charge in [0.25, 0.3) is 0 Å². The molecule has 0 aliphatic carbocycles. The highest BCUT2D eigenvalue weighted by Crippen LogP contribution is 2.33. The molecule has 146 valence electrons. The van der Waals surface area contributed by atoms with E-state index in [2.05, 4.69) is 0 Å². The third-order valence-electron chi connectivity index (χ3n) is 5.51. The molecular weight excluding hydrogens is 362 g/mol. The first kappa shape index (κ1) is 18.9. The molecule has 1 fully saturated rings. The highest BCUT2D eigenvalue weighted by Gasteiger charge is 2.37. The highest BCUT2D eigenvalue weighted by atomic mass is 16.5. The van der Waals surface area contributed by atoms with Crippen molar-refractivity contribution in [2.24, 2.45) is 5.92 Å². The average molecular weight is 385 g/mol. The molecule has 1 amide bonds. The summed E-state index contributed by atoms with van der Waals surface area (Å²) in [5, 5.41) is 0. The van der Waals surface area contributed by atoms with Crippen molar-refractivity contribution < 1.29 is 14.3 Å². The van der Waals surface area contributed by atoms with Gasteiger partial charge < -0.3 is 9.64 Å². The zero-order valence-electron chi connectivity index (χ0n) is 16.6. The van der Waals surface area contributed by atoms with Gasteiger partial charge in [-0.2, -0.15) is 0 Å². The fraction of sp³-hybridized carbons (Fsp3) is 0.200. The number of para-hydroxylation sites is 1. The number of esters is 1. The lowest BCUT2D eigenvalue weighted by molar-refractivity contribution is -0.139. The molecule has 0 radical (unpaired) electrons. The number of rotatable bonds is 4. The van der Waals surface area contributed by atoms with E-state index in [1.165, 1.54) is 0 Å². The number of anilines is 1. The van der Waals surface area contributed by atoms with Crippen LogP contribution in [0.2, 0.25) is 0 Å². The Balaban J connectivity index is 1.54. The lowest BCUT2D eigenvalue weighted by atomic mass is 10.0. The van der Waals surface area contributed by atoms with E-state index in [1.54, 1.807) is 11.0 Å². The zero-order valence-corrected chi connectivity index (χ0v) is 16.6. The SMILES string of the molecule is Cc1cccc(N2C[C@@H](C(=O)Oc3ccccc3-c3ccccc3)CC2=O)c1C. The fourth-order valence-electron chi connectivity index (χ4n) is 3.73. The van der Waals surface area contributed by atoms with E-state index in [4.69, 9.17) is 4.74 Å². The number of hydrogen-bond acceptors (Lipinski definition) is 3. The first-order valence-electron chi connectivity index (χ1n) is 9.77. The van der Waals surface area contributed by atoms with Gasteiger partial charge in [0.2, 0.25) is 5.91 Å². The Bertz CT molecular complexity index is 1060. The molecule has 0 aromatic heterocycles. The summed E-state index contributed by atoms with van der Waals surface area (Å²) in [5.74, 6) is -0.376. The van der Waals surface area contributed by atoms with Crippen LogP contribution < -0.4 is 9.64 Å². The van der Waals surface area contributed by atoms with Crippen LogP contribution in [0.25, 0.3) is 11.1 Å². The van der Waals surface area contributed by atoms with Gasteiger partial charge in [0, 0.05) is 24.2 Å². The quantitative estimate of drug-likeness (QED) is 0.473. The van der Waals surface area contributed by atoms with Gasteiger partial charge in [0.1, 0.15) is 5.75 Å². The van der Waals surface area contributed by atoms with Crippen molar-refractivity contribution in [2.45, 2.75) is 20.3 Å². The number of ether oxygens (including phenoxy) is 1. The second kappa shape index (κ2) is 7.92. The third kappa shape index (κ3) is 3.79. The standard InChI is InChI=1S/C25H23NO3/c1-17-9-8-13-22(18(17)2)26-16-20(15-24(26)27)25(28)29-23-14-7-6-12-21(23)19-10-4-3-5-11-19/h3-14,20H,15-16H2,1-2H3/t20-/m0/s1. The normalized spacial score (nSPS) is 16.1. The Hall–Kier alpha value is -3.40. The predicted molar refractivity (Wildman–Crippen MR) is 114 cm³/mol. The zero-order chi connectivity index (χ0) is 20.4. The van der Waals surface area contributed by atoms with Crippen molar-refractivity contribution in [3.8, 4) is 16.9 Å². The smallest absolute Gasteiger partial charge is 0.316 e. The Morgan fingerprint density at radius 1 is 0.931 bits per heavy atom. The minimum Gasteiger partial charge on any atom is -0.426 e.